The Bertz CT molecular complexity index is 822. The second-order valence-corrected chi connectivity index (χ2v) is 10.8. The molecule has 1 N–H and O–H groups in total. The van der Waals surface area contributed by atoms with Crippen LogP contribution in [0.2, 0.25) is 0 Å². The number of nitrogens with one attached hydrogen (secondary N) is 1. The molecule has 6 nitrogen and oxygen atoms in total. The summed E-state index contributed by atoms with van der Waals surface area (Å²) >= 11 is 0. The average Bonchev–Trinajstić information content (AvgIpc) is 3.45. The van der Waals surface area contributed by atoms with Gasteiger partial charge in [0.1, 0.15) is 0 Å². The van der Waals surface area contributed by atoms with Crippen molar-refractivity contribution in [2.24, 2.45) is 0 Å². The molecule has 1 aromatic carbocycles. The summed E-state index contributed by atoms with van der Waals surface area (Å²) in [5, 5.41) is 13.1. The van der Waals surface area contributed by atoms with E-state index >= 15 is 0 Å². The number of rotatable bonds is 7. The van der Waals surface area contributed by atoms with Crippen molar-refractivity contribution in [2.45, 2.75) is 56.1 Å². The van der Waals surface area contributed by atoms with E-state index in [1.54, 1.807) is 11.2 Å². The smallest absolute Gasteiger partial charge is 0.213 e. The lowest BCUT2D eigenvalue weighted by molar-refractivity contribution is -0.0255. The van der Waals surface area contributed by atoms with Crippen LogP contribution < -0.4 is 5.32 Å². The molecule has 7 heteroatoms. The van der Waals surface area contributed by atoms with Crippen molar-refractivity contribution in [3.8, 4) is 6.07 Å². The van der Waals surface area contributed by atoms with Gasteiger partial charge in [0.05, 0.1) is 23.8 Å². The first kappa shape index (κ1) is 19.8. The molecule has 3 fully saturated rings. The fourth-order valence-electron chi connectivity index (χ4n) is 4.83. The summed E-state index contributed by atoms with van der Waals surface area (Å²) in [6, 6.07) is 14.1. The highest BCUT2D eigenvalue weighted by Crippen LogP contribution is 2.42. The number of benzene rings is 1. The zero-order valence-electron chi connectivity index (χ0n) is 16.5. The first-order valence-electron chi connectivity index (χ1n) is 10.4. The van der Waals surface area contributed by atoms with E-state index in [0.29, 0.717) is 37.5 Å². The quantitative estimate of drug-likeness (QED) is 0.754. The van der Waals surface area contributed by atoms with Crippen molar-refractivity contribution in [2.75, 3.05) is 31.9 Å². The molecule has 3 aliphatic rings. The van der Waals surface area contributed by atoms with Crippen LogP contribution in [0.3, 0.4) is 0 Å². The molecule has 4 rings (SSSR count). The van der Waals surface area contributed by atoms with E-state index in [1.807, 2.05) is 0 Å². The number of nitrogens with zero attached hydrogens (tertiary/aromatic N) is 3. The van der Waals surface area contributed by atoms with Crippen LogP contribution in [-0.4, -0.2) is 67.2 Å². The van der Waals surface area contributed by atoms with Crippen molar-refractivity contribution < 1.29 is 8.42 Å². The topological polar surface area (TPSA) is 76.4 Å². The van der Waals surface area contributed by atoms with Crippen LogP contribution >= 0.6 is 0 Å². The summed E-state index contributed by atoms with van der Waals surface area (Å²) in [4.78, 5) is 2.37. The highest BCUT2D eigenvalue weighted by atomic mass is 32.2. The maximum absolute atomic E-state index is 12.1. The molecule has 2 atom stereocenters. The molecule has 1 aromatic rings. The van der Waals surface area contributed by atoms with Gasteiger partial charge in [0.15, 0.2) is 0 Å². The highest BCUT2D eigenvalue weighted by Gasteiger charge is 2.52. The van der Waals surface area contributed by atoms with Gasteiger partial charge in [-0.15, -0.1) is 0 Å². The summed E-state index contributed by atoms with van der Waals surface area (Å²) in [7, 11) is -3.16. The maximum atomic E-state index is 12.1. The monoisotopic (exact) mass is 402 g/mol. The van der Waals surface area contributed by atoms with E-state index in [4.69, 9.17) is 0 Å². The molecule has 1 unspecified atom stereocenters. The largest absolute Gasteiger partial charge is 0.311 e. The van der Waals surface area contributed by atoms with Gasteiger partial charge >= 0.3 is 0 Å². The van der Waals surface area contributed by atoms with Crippen molar-refractivity contribution in [1.29, 1.82) is 5.26 Å². The second kappa shape index (κ2) is 7.75. The summed E-state index contributed by atoms with van der Waals surface area (Å²) in [6.07, 6.45) is 3.74. The fourth-order valence-corrected chi connectivity index (χ4v) is 6.07. The van der Waals surface area contributed by atoms with Gasteiger partial charge in [-0.05, 0) is 31.7 Å². The van der Waals surface area contributed by atoms with E-state index in [2.05, 4.69) is 46.6 Å². The first-order valence-corrected chi connectivity index (χ1v) is 12.0. The van der Waals surface area contributed by atoms with Gasteiger partial charge in [-0.3, -0.25) is 4.90 Å². The summed E-state index contributed by atoms with van der Waals surface area (Å²) in [6.45, 7) is 4.47. The lowest BCUT2D eigenvalue weighted by Crippen LogP contribution is -2.72. The molecular formula is C21H30N4O2S. The normalized spacial score (nSPS) is 28.4. The third-order valence-electron chi connectivity index (χ3n) is 6.74. The molecule has 152 valence electrons. The van der Waals surface area contributed by atoms with Gasteiger partial charge in [-0.25, -0.2) is 8.42 Å². The van der Waals surface area contributed by atoms with Crippen molar-refractivity contribution in [3.05, 3.63) is 35.9 Å². The van der Waals surface area contributed by atoms with Crippen LogP contribution in [0, 0.1) is 11.3 Å². The van der Waals surface area contributed by atoms with Crippen LogP contribution in [0.1, 0.15) is 44.1 Å². The zero-order valence-corrected chi connectivity index (χ0v) is 17.4. The average molecular weight is 403 g/mol. The van der Waals surface area contributed by atoms with E-state index in [1.165, 1.54) is 12.0 Å². The maximum Gasteiger partial charge on any atom is 0.213 e. The molecule has 0 aromatic heterocycles. The predicted octanol–water partition coefficient (Wildman–Crippen LogP) is 1.91. The van der Waals surface area contributed by atoms with Gasteiger partial charge < -0.3 is 5.32 Å². The fraction of sp³-hybridized carbons (Fsp3) is 0.667. The Morgan fingerprint density at radius 2 is 1.89 bits per heavy atom. The number of likely N-dealkylation sites (tertiary alicyclic amines) is 1. The van der Waals surface area contributed by atoms with Gasteiger partial charge in [0.2, 0.25) is 10.0 Å². The molecule has 1 aliphatic carbocycles. The minimum atomic E-state index is -3.16. The number of hydrogen-bond acceptors (Lipinski definition) is 5. The molecule has 0 bridgehead atoms. The van der Waals surface area contributed by atoms with Crippen LogP contribution in [0.4, 0.5) is 0 Å². The van der Waals surface area contributed by atoms with Gasteiger partial charge in [-0.2, -0.15) is 9.57 Å². The van der Waals surface area contributed by atoms with Crippen molar-refractivity contribution in [3.63, 3.8) is 0 Å². The Balaban J connectivity index is 1.28. The SMILES string of the molecule is CCS(=O)(=O)N1CC(CC#N)(N2CCC(N[C@@H]3CC3c3ccccc3)CC2)C1. The Labute approximate surface area is 168 Å². The minimum absolute atomic E-state index is 0.131. The van der Waals surface area contributed by atoms with Crippen LogP contribution in [0.5, 0.6) is 0 Å². The molecule has 28 heavy (non-hydrogen) atoms. The van der Waals surface area contributed by atoms with E-state index in [0.717, 1.165) is 25.9 Å². The van der Waals surface area contributed by atoms with Crippen molar-refractivity contribution >= 4 is 10.0 Å². The van der Waals surface area contributed by atoms with Gasteiger partial charge in [0.25, 0.3) is 0 Å². The Kier molecular flexibility index (Phi) is 5.49. The molecule has 0 amide bonds. The van der Waals surface area contributed by atoms with Gasteiger partial charge in [-0.1, -0.05) is 30.3 Å². The minimum Gasteiger partial charge on any atom is -0.311 e. The molecule has 2 saturated heterocycles. The van der Waals surface area contributed by atoms with Crippen LogP contribution in [0.15, 0.2) is 30.3 Å². The first-order chi connectivity index (χ1) is 13.5. The van der Waals surface area contributed by atoms with Crippen LogP contribution in [0.25, 0.3) is 0 Å². The molecule has 2 heterocycles. The molecule has 2 aliphatic heterocycles. The number of nitriles is 1. The summed E-state index contributed by atoms with van der Waals surface area (Å²) in [5.74, 6) is 0.773. The third kappa shape index (κ3) is 3.84. The highest BCUT2D eigenvalue weighted by molar-refractivity contribution is 7.89. The standard InChI is InChI=1S/C21H30N4O2S/c1-2-28(26,27)25-15-21(16-25,10-11-22)24-12-8-18(9-13-24)23-20-14-19(20)17-6-4-3-5-7-17/h3-7,18-20,23H,2,8-10,12-16H2,1H3/t19?,20-/m1/s1. The van der Waals surface area contributed by atoms with Gasteiger partial charge in [0, 0.05) is 44.2 Å². The number of hydrogen-bond donors (Lipinski definition) is 1. The molecular weight excluding hydrogens is 372 g/mol. The summed E-state index contributed by atoms with van der Waals surface area (Å²) < 4.78 is 25.7. The molecule has 0 radical (unpaired) electrons. The predicted molar refractivity (Wildman–Crippen MR) is 109 cm³/mol. The Morgan fingerprint density at radius 1 is 1.21 bits per heavy atom. The van der Waals surface area contributed by atoms with E-state index < -0.39 is 10.0 Å². The van der Waals surface area contributed by atoms with Crippen LogP contribution in [-0.2, 0) is 10.0 Å². The molecule has 0 spiro atoms. The Morgan fingerprint density at radius 3 is 2.50 bits per heavy atom. The van der Waals surface area contributed by atoms with Crippen molar-refractivity contribution in [1.82, 2.24) is 14.5 Å². The third-order valence-corrected chi connectivity index (χ3v) is 8.52. The zero-order chi connectivity index (χ0) is 19.8. The molecule has 1 saturated carbocycles. The summed E-state index contributed by atoms with van der Waals surface area (Å²) in [5.41, 5.74) is 1.14. The second-order valence-electron chi connectivity index (χ2n) is 8.52. The number of piperidine rings is 1. The van der Waals surface area contributed by atoms with E-state index in [-0.39, 0.29) is 11.3 Å². The Hall–Kier alpha value is -1.46. The lowest BCUT2D eigenvalue weighted by Gasteiger charge is -2.55. The van der Waals surface area contributed by atoms with E-state index in [9.17, 15) is 13.7 Å². The number of sulfonamides is 1. The lowest BCUT2D eigenvalue weighted by atomic mass is 9.84.